The Morgan fingerprint density at radius 1 is 0.818 bits per heavy atom. The lowest BCUT2D eigenvalue weighted by Gasteiger charge is -2.25. The zero-order valence-corrected chi connectivity index (χ0v) is 20.3. The molecule has 0 saturated heterocycles. The maximum atomic E-state index is 13.0. The van der Waals surface area contributed by atoms with Crippen molar-refractivity contribution in [3.63, 3.8) is 0 Å². The molecule has 0 spiro atoms. The number of alkyl carbamates (subject to hydrolysis) is 2. The molecule has 3 N–H and O–H groups in total. The number of hydrogen-bond acceptors (Lipinski definition) is 7. The summed E-state index contributed by atoms with van der Waals surface area (Å²) >= 11 is 0. The minimum atomic E-state index is -1.20. The second-order valence-electron chi connectivity index (χ2n) is 9.36. The highest BCUT2D eigenvalue weighted by atomic mass is 16.6. The molecular formula is C23H35N3O7. The van der Waals surface area contributed by atoms with E-state index in [1.165, 1.54) is 0 Å². The van der Waals surface area contributed by atoms with Crippen LogP contribution in [0.5, 0.6) is 0 Å². The maximum absolute atomic E-state index is 13.0. The minimum Gasteiger partial charge on any atom is -0.467 e. The molecule has 0 aromatic heterocycles. The van der Waals surface area contributed by atoms with Gasteiger partial charge >= 0.3 is 18.2 Å². The van der Waals surface area contributed by atoms with Crippen molar-refractivity contribution in [2.24, 2.45) is 0 Å². The standard InChI is InChI=1S/C23H35N3O7/c1-22(2,3)32-20(29)24-14-17(19(28)31-7)25-18(27)16(13-15-11-9-8-10-12-15)26-21(30)33-23(4,5)6/h8-12,16-17H,13-14H2,1-7H3,(H,24,29)(H,25,27)(H,26,30)/t16-,17-/m0/s1. The van der Waals surface area contributed by atoms with Crippen molar-refractivity contribution < 1.29 is 33.4 Å². The van der Waals surface area contributed by atoms with Crippen LogP contribution in [0.3, 0.4) is 0 Å². The number of carbonyl (C=O) groups is 4. The van der Waals surface area contributed by atoms with E-state index in [4.69, 9.17) is 14.2 Å². The Balaban J connectivity index is 2.95. The molecule has 0 saturated carbocycles. The number of benzene rings is 1. The average Bonchev–Trinajstić information content (AvgIpc) is 2.67. The summed E-state index contributed by atoms with van der Waals surface area (Å²) in [5.41, 5.74) is -0.703. The van der Waals surface area contributed by atoms with E-state index in [-0.39, 0.29) is 13.0 Å². The van der Waals surface area contributed by atoms with Gasteiger partial charge in [-0.1, -0.05) is 30.3 Å². The molecule has 0 aliphatic rings. The molecule has 1 aromatic rings. The number of nitrogens with one attached hydrogen (secondary N) is 3. The van der Waals surface area contributed by atoms with Crippen LogP contribution in [0.25, 0.3) is 0 Å². The number of hydrogen-bond donors (Lipinski definition) is 3. The van der Waals surface area contributed by atoms with Crippen molar-refractivity contribution in [3.8, 4) is 0 Å². The number of amides is 3. The summed E-state index contributed by atoms with van der Waals surface area (Å²) < 4.78 is 15.1. The molecule has 1 aromatic carbocycles. The van der Waals surface area contributed by atoms with E-state index in [9.17, 15) is 19.2 Å². The molecule has 33 heavy (non-hydrogen) atoms. The molecule has 0 bridgehead atoms. The second-order valence-corrected chi connectivity index (χ2v) is 9.36. The molecule has 184 valence electrons. The van der Waals surface area contributed by atoms with E-state index in [0.717, 1.165) is 12.7 Å². The molecule has 10 heteroatoms. The predicted molar refractivity (Wildman–Crippen MR) is 121 cm³/mol. The lowest BCUT2D eigenvalue weighted by molar-refractivity contribution is -0.145. The average molecular weight is 466 g/mol. The summed E-state index contributed by atoms with van der Waals surface area (Å²) in [7, 11) is 1.16. The fourth-order valence-electron chi connectivity index (χ4n) is 2.62. The number of esters is 1. The Bertz CT molecular complexity index is 814. The van der Waals surface area contributed by atoms with E-state index in [1.54, 1.807) is 65.8 Å². The number of methoxy groups -OCH3 is 1. The van der Waals surface area contributed by atoms with Crippen LogP contribution < -0.4 is 16.0 Å². The summed E-state index contributed by atoms with van der Waals surface area (Å²) in [6, 6.07) is 6.80. The van der Waals surface area contributed by atoms with Crippen molar-refractivity contribution in [2.45, 2.75) is 71.2 Å². The Hall–Kier alpha value is -3.30. The second kappa shape index (κ2) is 12.1. The first-order valence-corrected chi connectivity index (χ1v) is 10.6. The molecule has 0 radical (unpaired) electrons. The van der Waals surface area contributed by atoms with Crippen molar-refractivity contribution in [3.05, 3.63) is 35.9 Å². The summed E-state index contributed by atoms with van der Waals surface area (Å²) in [6.45, 7) is 9.93. The number of carbonyl (C=O) groups excluding carboxylic acids is 4. The Morgan fingerprint density at radius 3 is 1.88 bits per heavy atom. The molecule has 0 heterocycles. The van der Waals surface area contributed by atoms with Gasteiger partial charge in [0.05, 0.1) is 13.7 Å². The van der Waals surface area contributed by atoms with Crippen LogP contribution in [-0.4, -0.2) is 61.0 Å². The maximum Gasteiger partial charge on any atom is 0.408 e. The largest absolute Gasteiger partial charge is 0.467 e. The van der Waals surface area contributed by atoms with E-state index >= 15 is 0 Å². The quantitative estimate of drug-likeness (QED) is 0.396. The molecule has 1 rings (SSSR count). The van der Waals surface area contributed by atoms with Crippen LogP contribution in [0, 0.1) is 0 Å². The molecule has 2 atom stereocenters. The third kappa shape index (κ3) is 11.8. The first kappa shape index (κ1) is 27.7. The van der Waals surface area contributed by atoms with Crippen LogP contribution in [0.4, 0.5) is 9.59 Å². The normalized spacial score (nSPS) is 13.2. The lowest BCUT2D eigenvalue weighted by atomic mass is 10.0. The van der Waals surface area contributed by atoms with Crippen molar-refractivity contribution >= 4 is 24.1 Å². The van der Waals surface area contributed by atoms with Gasteiger partial charge in [0, 0.05) is 6.42 Å². The van der Waals surface area contributed by atoms with Crippen LogP contribution in [0.2, 0.25) is 0 Å². The predicted octanol–water partition coefficient (Wildman–Crippen LogP) is 2.30. The molecule has 0 aliphatic heterocycles. The SMILES string of the molecule is COC(=O)[C@H](CNC(=O)OC(C)(C)C)NC(=O)[C@H](Cc1ccccc1)NC(=O)OC(C)(C)C. The van der Waals surface area contributed by atoms with Gasteiger partial charge in [-0.05, 0) is 47.1 Å². The van der Waals surface area contributed by atoms with Gasteiger partial charge < -0.3 is 30.2 Å². The van der Waals surface area contributed by atoms with E-state index in [0.29, 0.717) is 0 Å². The smallest absolute Gasteiger partial charge is 0.408 e. The van der Waals surface area contributed by atoms with Crippen LogP contribution in [0.1, 0.15) is 47.1 Å². The monoisotopic (exact) mass is 465 g/mol. The molecule has 0 aliphatic carbocycles. The van der Waals surface area contributed by atoms with Gasteiger partial charge in [-0.15, -0.1) is 0 Å². The Morgan fingerprint density at radius 2 is 1.36 bits per heavy atom. The van der Waals surface area contributed by atoms with E-state index < -0.39 is 47.3 Å². The van der Waals surface area contributed by atoms with E-state index in [1.807, 2.05) is 6.07 Å². The van der Waals surface area contributed by atoms with Gasteiger partial charge in [0.2, 0.25) is 5.91 Å². The first-order chi connectivity index (χ1) is 15.2. The zero-order chi connectivity index (χ0) is 25.2. The Labute approximate surface area is 194 Å². The van der Waals surface area contributed by atoms with Crippen molar-refractivity contribution in [2.75, 3.05) is 13.7 Å². The van der Waals surface area contributed by atoms with Gasteiger partial charge in [-0.2, -0.15) is 0 Å². The molecule has 3 amide bonds. The van der Waals surface area contributed by atoms with Gasteiger partial charge in [-0.25, -0.2) is 14.4 Å². The van der Waals surface area contributed by atoms with Gasteiger partial charge in [0.15, 0.2) is 0 Å². The van der Waals surface area contributed by atoms with Gasteiger partial charge in [0.1, 0.15) is 23.3 Å². The van der Waals surface area contributed by atoms with Crippen LogP contribution in [0.15, 0.2) is 30.3 Å². The number of rotatable bonds is 8. The topological polar surface area (TPSA) is 132 Å². The highest BCUT2D eigenvalue weighted by Gasteiger charge is 2.30. The number of ether oxygens (including phenoxy) is 3. The third-order valence-corrected chi connectivity index (χ3v) is 3.94. The highest BCUT2D eigenvalue weighted by molar-refractivity contribution is 5.90. The van der Waals surface area contributed by atoms with Crippen LogP contribution >= 0.6 is 0 Å². The lowest BCUT2D eigenvalue weighted by Crippen LogP contribution is -2.56. The molecular weight excluding hydrogens is 430 g/mol. The van der Waals surface area contributed by atoms with Crippen molar-refractivity contribution in [1.29, 1.82) is 0 Å². The van der Waals surface area contributed by atoms with Gasteiger partial charge in [-0.3, -0.25) is 4.79 Å². The molecule has 0 unspecified atom stereocenters. The minimum absolute atomic E-state index is 0.152. The summed E-state index contributed by atoms with van der Waals surface area (Å²) in [5.74, 6) is -1.42. The summed E-state index contributed by atoms with van der Waals surface area (Å²) in [4.78, 5) is 49.5. The Kier molecular flexibility index (Phi) is 10.2. The van der Waals surface area contributed by atoms with E-state index in [2.05, 4.69) is 16.0 Å². The fraction of sp³-hybridized carbons (Fsp3) is 0.565. The molecule has 0 fully saturated rings. The van der Waals surface area contributed by atoms with Crippen molar-refractivity contribution in [1.82, 2.24) is 16.0 Å². The summed E-state index contributed by atoms with van der Waals surface area (Å²) in [6.07, 6.45) is -1.38. The zero-order valence-electron chi connectivity index (χ0n) is 20.3. The summed E-state index contributed by atoms with van der Waals surface area (Å²) in [5, 5.41) is 7.49. The highest BCUT2D eigenvalue weighted by Crippen LogP contribution is 2.09. The first-order valence-electron chi connectivity index (χ1n) is 10.6. The molecule has 10 nitrogen and oxygen atoms in total. The van der Waals surface area contributed by atoms with Gasteiger partial charge in [0.25, 0.3) is 0 Å². The van der Waals surface area contributed by atoms with Crippen LogP contribution in [-0.2, 0) is 30.2 Å². The third-order valence-electron chi connectivity index (χ3n) is 3.94. The fourth-order valence-corrected chi connectivity index (χ4v) is 2.62.